The Kier molecular flexibility index (Phi) is 6.13. The van der Waals surface area contributed by atoms with Gasteiger partial charge >= 0.3 is 5.97 Å². The van der Waals surface area contributed by atoms with Gasteiger partial charge in [-0.3, -0.25) is 14.5 Å². The molecule has 0 saturated carbocycles. The fourth-order valence-electron chi connectivity index (χ4n) is 4.95. The number of rotatable bonds is 3. The minimum absolute atomic E-state index is 0.208. The van der Waals surface area contributed by atoms with Gasteiger partial charge in [0.1, 0.15) is 19.1 Å². The lowest BCUT2D eigenvalue weighted by Gasteiger charge is -2.41. The van der Waals surface area contributed by atoms with Crippen LogP contribution in [0.25, 0.3) is 0 Å². The number of carboxylic acids is 1. The maximum absolute atomic E-state index is 14.0. The van der Waals surface area contributed by atoms with Crippen LogP contribution in [0.1, 0.15) is 59.8 Å². The van der Waals surface area contributed by atoms with Crippen LogP contribution in [0.2, 0.25) is 10.0 Å². The van der Waals surface area contributed by atoms with Crippen LogP contribution >= 0.6 is 23.2 Å². The molecule has 5 rings (SSSR count). The van der Waals surface area contributed by atoms with Gasteiger partial charge in [-0.05, 0) is 58.5 Å². The third-order valence-electron chi connectivity index (χ3n) is 6.61. The van der Waals surface area contributed by atoms with E-state index in [1.807, 2.05) is 12.1 Å². The summed E-state index contributed by atoms with van der Waals surface area (Å²) in [5.41, 5.74) is 2.48. The van der Waals surface area contributed by atoms with Crippen LogP contribution in [-0.4, -0.2) is 30.2 Å². The monoisotopic (exact) mass is 525 g/mol. The number of ether oxygens (including phenoxy) is 2. The van der Waals surface area contributed by atoms with Crippen LogP contribution in [0, 0.1) is 0 Å². The average molecular weight is 526 g/mol. The van der Waals surface area contributed by atoms with Crippen molar-refractivity contribution in [1.82, 2.24) is 0 Å². The molecule has 186 valence electrons. The van der Waals surface area contributed by atoms with E-state index >= 15 is 0 Å². The number of nitrogens with zero attached hydrogens (tertiary/aromatic N) is 1. The maximum atomic E-state index is 14.0. The van der Waals surface area contributed by atoms with Crippen molar-refractivity contribution in [2.45, 2.75) is 38.1 Å². The average Bonchev–Trinajstić information content (AvgIpc) is 2.82. The second-order valence-corrected chi connectivity index (χ2v) is 10.8. The summed E-state index contributed by atoms with van der Waals surface area (Å²) in [4.78, 5) is 28.2. The third kappa shape index (κ3) is 4.18. The van der Waals surface area contributed by atoms with Crippen LogP contribution < -0.4 is 14.4 Å². The van der Waals surface area contributed by atoms with Crippen molar-refractivity contribution in [3.8, 4) is 11.5 Å². The number of benzene rings is 3. The Bertz CT molecular complexity index is 1380. The summed E-state index contributed by atoms with van der Waals surface area (Å²) in [6.45, 7) is 6.98. The van der Waals surface area contributed by atoms with Crippen molar-refractivity contribution < 1.29 is 24.2 Å². The van der Waals surface area contributed by atoms with E-state index in [1.165, 1.54) is 11.0 Å². The van der Waals surface area contributed by atoms with Gasteiger partial charge in [0.25, 0.3) is 5.91 Å². The van der Waals surface area contributed by atoms with Gasteiger partial charge in [0, 0.05) is 21.3 Å². The highest BCUT2D eigenvalue weighted by molar-refractivity contribution is 6.32. The first-order valence-corrected chi connectivity index (χ1v) is 12.4. The van der Waals surface area contributed by atoms with Gasteiger partial charge in [-0.25, -0.2) is 0 Å². The Morgan fingerprint density at radius 3 is 2.36 bits per heavy atom. The van der Waals surface area contributed by atoms with Crippen LogP contribution in [0.5, 0.6) is 11.5 Å². The van der Waals surface area contributed by atoms with Crippen LogP contribution in [0.3, 0.4) is 0 Å². The zero-order valence-electron chi connectivity index (χ0n) is 20.0. The molecule has 3 aromatic carbocycles. The molecule has 1 N–H and O–H groups in total. The number of carbonyl (C=O) groups is 2. The fourth-order valence-corrected chi connectivity index (χ4v) is 5.58. The Morgan fingerprint density at radius 2 is 1.69 bits per heavy atom. The minimum Gasteiger partial charge on any atom is -0.486 e. The molecule has 2 aliphatic heterocycles. The lowest BCUT2D eigenvalue weighted by Crippen LogP contribution is -2.45. The van der Waals surface area contributed by atoms with Crippen LogP contribution in [0.15, 0.2) is 54.6 Å². The lowest BCUT2D eigenvalue weighted by molar-refractivity contribution is -0.139. The molecule has 0 aromatic heterocycles. The largest absolute Gasteiger partial charge is 0.486 e. The molecule has 1 amide bonds. The summed E-state index contributed by atoms with van der Waals surface area (Å²) in [6.07, 6.45) is 0. The molecule has 0 radical (unpaired) electrons. The maximum Gasteiger partial charge on any atom is 0.313 e. The molecule has 0 unspecified atom stereocenters. The van der Waals surface area contributed by atoms with Gasteiger partial charge in [0.05, 0.1) is 6.04 Å². The van der Waals surface area contributed by atoms with Crippen molar-refractivity contribution in [3.05, 3.63) is 86.9 Å². The Hall–Kier alpha value is -3.22. The molecule has 0 saturated heterocycles. The third-order valence-corrected chi connectivity index (χ3v) is 7.15. The van der Waals surface area contributed by atoms with Crippen molar-refractivity contribution in [2.75, 3.05) is 18.1 Å². The van der Waals surface area contributed by atoms with E-state index in [0.29, 0.717) is 51.6 Å². The predicted molar refractivity (Wildman–Crippen MR) is 139 cm³/mol. The number of hydrogen-bond donors (Lipinski definition) is 1. The molecule has 2 heterocycles. The van der Waals surface area contributed by atoms with Crippen LogP contribution in [-0.2, 0) is 10.2 Å². The number of carboxylic acid groups (broad SMARTS) is 1. The second kappa shape index (κ2) is 9.02. The highest BCUT2D eigenvalue weighted by Crippen LogP contribution is 2.48. The zero-order chi connectivity index (χ0) is 25.8. The van der Waals surface area contributed by atoms with Gasteiger partial charge in [0.15, 0.2) is 11.5 Å². The molecule has 2 atom stereocenters. The van der Waals surface area contributed by atoms with Crippen molar-refractivity contribution >= 4 is 40.8 Å². The first-order valence-electron chi connectivity index (χ1n) is 11.6. The quantitative estimate of drug-likeness (QED) is 0.415. The van der Waals surface area contributed by atoms with Gasteiger partial charge < -0.3 is 14.6 Å². The summed E-state index contributed by atoms with van der Waals surface area (Å²) in [5.74, 6) is -1.38. The normalized spacial score (nSPS) is 19.1. The van der Waals surface area contributed by atoms with E-state index in [2.05, 4.69) is 20.8 Å². The predicted octanol–water partition coefficient (Wildman–Crippen LogP) is 6.63. The van der Waals surface area contributed by atoms with Gasteiger partial charge in [-0.2, -0.15) is 0 Å². The molecule has 0 spiro atoms. The molecule has 6 nitrogen and oxygen atoms in total. The summed E-state index contributed by atoms with van der Waals surface area (Å²) in [6, 6.07) is 14.6. The summed E-state index contributed by atoms with van der Waals surface area (Å²) in [5, 5.41) is 11.3. The summed E-state index contributed by atoms with van der Waals surface area (Å²) < 4.78 is 11.4. The Morgan fingerprint density at radius 1 is 0.972 bits per heavy atom. The van der Waals surface area contributed by atoms with E-state index in [0.717, 1.165) is 5.56 Å². The molecule has 0 bridgehead atoms. The van der Waals surface area contributed by atoms with Crippen LogP contribution in [0.4, 0.5) is 5.69 Å². The van der Waals surface area contributed by atoms with E-state index in [4.69, 9.17) is 32.7 Å². The molecule has 0 fully saturated rings. The minimum atomic E-state index is -1.06. The molecule has 2 aliphatic rings. The molecule has 36 heavy (non-hydrogen) atoms. The summed E-state index contributed by atoms with van der Waals surface area (Å²) >= 11 is 12.9. The molecule has 3 aromatic rings. The number of carbonyl (C=O) groups excluding carboxylic acids is 1. The van der Waals surface area contributed by atoms with E-state index < -0.39 is 17.9 Å². The zero-order valence-corrected chi connectivity index (χ0v) is 21.6. The van der Waals surface area contributed by atoms with Crippen molar-refractivity contribution in [2.24, 2.45) is 0 Å². The second-order valence-electron chi connectivity index (χ2n) is 9.98. The highest BCUT2D eigenvalue weighted by atomic mass is 35.5. The highest BCUT2D eigenvalue weighted by Gasteiger charge is 2.45. The molecular weight excluding hydrogens is 501 g/mol. The van der Waals surface area contributed by atoms with Crippen molar-refractivity contribution in [1.29, 1.82) is 0 Å². The van der Waals surface area contributed by atoms with Gasteiger partial charge in [-0.15, -0.1) is 0 Å². The topological polar surface area (TPSA) is 76.1 Å². The van der Waals surface area contributed by atoms with E-state index in [-0.39, 0.29) is 16.9 Å². The standard InChI is InChI=1S/C28H25Cl2NO5/c1-28(2,3)20-8-6-17(14-21(20)30)31-25(15-4-9-22-23(12-15)36-11-10-35-22)24(27(33)34)18-7-5-16(29)13-19(18)26(31)32/h4-9,12-14,24-25H,10-11H2,1-3H3,(H,33,34)/t24-,25+/m0/s1. The lowest BCUT2D eigenvalue weighted by atomic mass is 9.79. The first-order chi connectivity index (χ1) is 17.1. The van der Waals surface area contributed by atoms with Gasteiger partial charge in [-0.1, -0.05) is 62.2 Å². The Labute approximate surface area is 219 Å². The molecule has 8 heteroatoms. The number of fused-ring (bicyclic) bond motifs is 2. The SMILES string of the molecule is CC(C)(C)c1ccc(N2C(=O)c3cc(Cl)ccc3[C@H](C(=O)O)[C@H]2c2ccc3c(c2)OCCO3)cc1Cl. The van der Waals surface area contributed by atoms with Crippen molar-refractivity contribution in [3.63, 3.8) is 0 Å². The number of hydrogen-bond acceptors (Lipinski definition) is 4. The van der Waals surface area contributed by atoms with E-state index in [9.17, 15) is 14.7 Å². The first kappa shape index (κ1) is 24.5. The fraction of sp³-hybridized carbons (Fsp3) is 0.286. The number of anilines is 1. The molecular formula is C28H25Cl2NO5. The number of aliphatic carboxylic acids is 1. The number of halogens is 2. The van der Waals surface area contributed by atoms with E-state index in [1.54, 1.807) is 36.4 Å². The number of amides is 1. The van der Waals surface area contributed by atoms with Gasteiger partial charge in [0.2, 0.25) is 0 Å². The Balaban J connectivity index is 1.74. The molecule has 0 aliphatic carbocycles. The smallest absolute Gasteiger partial charge is 0.313 e. The summed E-state index contributed by atoms with van der Waals surface area (Å²) in [7, 11) is 0.